The van der Waals surface area contributed by atoms with Crippen LogP contribution in [0.1, 0.15) is 12.5 Å². The second-order valence-corrected chi connectivity index (χ2v) is 8.62. The zero-order valence-corrected chi connectivity index (χ0v) is 19.1. The van der Waals surface area contributed by atoms with Crippen molar-refractivity contribution in [2.45, 2.75) is 26.4 Å². The van der Waals surface area contributed by atoms with Gasteiger partial charge < -0.3 is 14.2 Å². The van der Waals surface area contributed by atoms with E-state index in [0.717, 1.165) is 23.5 Å². The summed E-state index contributed by atoms with van der Waals surface area (Å²) in [6.07, 6.45) is 0.603. The van der Waals surface area contributed by atoms with Crippen molar-refractivity contribution in [3.63, 3.8) is 0 Å². The predicted molar refractivity (Wildman–Crippen MR) is 129 cm³/mol. The molecular weight excluding hydrogens is 418 g/mol. The lowest BCUT2D eigenvalue weighted by molar-refractivity contribution is 0.409. The topological polar surface area (TPSA) is 74.3 Å². The first-order chi connectivity index (χ1) is 16.0. The molecule has 0 bridgehead atoms. The SMILES string of the molecule is COc1ccccc1N1CC(C)Cn2c1nc1c2c(=O)n(CCc2ccccc2)c(=O)n1C. The molecule has 170 valence electrons. The number of para-hydroxylation sites is 2. The Kier molecular flexibility index (Phi) is 5.28. The number of nitrogens with zero attached hydrogens (tertiary/aromatic N) is 5. The summed E-state index contributed by atoms with van der Waals surface area (Å²) in [5, 5.41) is 0. The summed E-state index contributed by atoms with van der Waals surface area (Å²) in [6.45, 7) is 3.86. The van der Waals surface area contributed by atoms with Crippen LogP contribution in [0.5, 0.6) is 5.75 Å². The first kappa shape index (κ1) is 21.1. The minimum Gasteiger partial charge on any atom is -0.495 e. The number of imidazole rings is 1. The highest BCUT2D eigenvalue weighted by Crippen LogP contribution is 2.37. The van der Waals surface area contributed by atoms with Crippen molar-refractivity contribution in [1.82, 2.24) is 18.7 Å². The van der Waals surface area contributed by atoms with Crippen LogP contribution in [0.15, 0.2) is 64.2 Å². The first-order valence-electron chi connectivity index (χ1n) is 11.1. The van der Waals surface area contributed by atoms with Crippen LogP contribution in [0, 0.1) is 5.92 Å². The maximum absolute atomic E-state index is 13.6. The third-order valence-electron chi connectivity index (χ3n) is 6.29. The summed E-state index contributed by atoms with van der Waals surface area (Å²) in [5.41, 5.74) is 2.19. The first-order valence-corrected chi connectivity index (χ1v) is 11.1. The van der Waals surface area contributed by atoms with Gasteiger partial charge in [-0.2, -0.15) is 4.98 Å². The highest BCUT2D eigenvalue weighted by Gasteiger charge is 2.31. The van der Waals surface area contributed by atoms with E-state index >= 15 is 0 Å². The lowest BCUT2D eigenvalue weighted by Crippen LogP contribution is -2.40. The van der Waals surface area contributed by atoms with Crippen molar-refractivity contribution >= 4 is 22.8 Å². The number of anilines is 2. The van der Waals surface area contributed by atoms with Crippen molar-refractivity contribution in [1.29, 1.82) is 0 Å². The molecule has 8 nitrogen and oxygen atoms in total. The normalized spacial score (nSPS) is 15.6. The minimum absolute atomic E-state index is 0.272. The van der Waals surface area contributed by atoms with Crippen molar-refractivity contribution in [2.75, 3.05) is 18.6 Å². The monoisotopic (exact) mass is 445 g/mol. The molecule has 2 aromatic heterocycles. The highest BCUT2D eigenvalue weighted by atomic mass is 16.5. The van der Waals surface area contributed by atoms with Gasteiger partial charge >= 0.3 is 5.69 Å². The number of hydrogen-bond acceptors (Lipinski definition) is 5. The van der Waals surface area contributed by atoms with Gasteiger partial charge in [0.1, 0.15) is 5.75 Å². The van der Waals surface area contributed by atoms with Gasteiger partial charge in [0, 0.05) is 26.7 Å². The zero-order valence-electron chi connectivity index (χ0n) is 19.1. The summed E-state index contributed by atoms with van der Waals surface area (Å²) in [7, 11) is 3.32. The van der Waals surface area contributed by atoms with Gasteiger partial charge in [0.15, 0.2) is 11.2 Å². The molecule has 1 unspecified atom stereocenters. The molecule has 1 atom stereocenters. The Morgan fingerprint density at radius 1 is 1.03 bits per heavy atom. The number of methoxy groups -OCH3 is 1. The molecule has 1 aliphatic rings. The summed E-state index contributed by atoms with van der Waals surface area (Å²) in [5.74, 6) is 1.66. The summed E-state index contributed by atoms with van der Waals surface area (Å²) in [6, 6.07) is 17.6. The largest absolute Gasteiger partial charge is 0.495 e. The average molecular weight is 446 g/mol. The van der Waals surface area contributed by atoms with Gasteiger partial charge in [-0.05, 0) is 30.0 Å². The van der Waals surface area contributed by atoms with E-state index in [1.165, 1.54) is 9.13 Å². The van der Waals surface area contributed by atoms with E-state index in [2.05, 4.69) is 11.8 Å². The lowest BCUT2D eigenvalue weighted by Gasteiger charge is -2.33. The third kappa shape index (κ3) is 3.51. The number of aromatic nitrogens is 4. The molecule has 4 aromatic rings. The van der Waals surface area contributed by atoms with Crippen LogP contribution in [-0.4, -0.2) is 32.3 Å². The van der Waals surface area contributed by atoms with E-state index in [9.17, 15) is 9.59 Å². The molecule has 3 heterocycles. The Labute approximate surface area is 191 Å². The number of rotatable bonds is 5. The summed E-state index contributed by atoms with van der Waals surface area (Å²) < 4.78 is 10.4. The molecule has 33 heavy (non-hydrogen) atoms. The molecule has 0 amide bonds. The van der Waals surface area contributed by atoms with Crippen molar-refractivity contribution in [3.8, 4) is 5.75 Å². The molecule has 0 N–H and O–H groups in total. The van der Waals surface area contributed by atoms with Crippen LogP contribution in [0.2, 0.25) is 0 Å². The zero-order chi connectivity index (χ0) is 23.1. The van der Waals surface area contributed by atoms with Gasteiger partial charge in [-0.1, -0.05) is 49.4 Å². The summed E-state index contributed by atoms with van der Waals surface area (Å²) in [4.78, 5) is 33.5. The van der Waals surface area contributed by atoms with E-state index in [1.54, 1.807) is 14.2 Å². The molecule has 5 rings (SSSR count). The van der Waals surface area contributed by atoms with Crippen LogP contribution in [0.4, 0.5) is 11.6 Å². The van der Waals surface area contributed by atoms with E-state index in [4.69, 9.17) is 9.72 Å². The molecule has 0 fully saturated rings. The second-order valence-electron chi connectivity index (χ2n) is 8.62. The average Bonchev–Trinajstić information content (AvgIpc) is 3.22. The van der Waals surface area contributed by atoms with Gasteiger partial charge in [0.25, 0.3) is 5.56 Å². The van der Waals surface area contributed by atoms with Crippen molar-refractivity contribution < 1.29 is 4.74 Å². The number of ether oxygens (including phenoxy) is 1. The molecule has 0 radical (unpaired) electrons. The van der Waals surface area contributed by atoms with E-state index in [-0.39, 0.29) is 17.2 Å². The van der Waals surface area contributed by atoms with Crippen LogP contribution in [-0.2, 0) is 26.6 Å². The van der Waals surface area contributed by atoms with Gasteiger partial charge in [-0.15, -0.1) is 0 Å². The minimum atomic E-state index is -0.351. The lowest BCUT2D eigenvalue weighted by atomic mass is 10.1. The van der Waals surface area contributed by atoms with Crippen LogP contribution >= 0.6 is 0 Å². The molecule has 8 heteroatoms. The molecule has 2 aromatic carbocycles. The van der Waals surface area contributed by atoms with Crippen molar-refractivity contribution in [2.24, 2.45) is 13.0 Å². The highest BCUT2D eigenvalue weighted by molar-refractivity contribution is 5.78. The molecule has 0 saturated carbocycles. The van der Waals surface area contributed by atoms with Gasteiger partial charge in [0.05, 0.1) is 12.8 Å². The Morgan fingerprint density at radius 2 is 1.76 bits per heavy atom. The molecule has 0 aliphatic carbocycles. The number of hydrogen-bond donors (Lipinski definition) is 0. The standard InChI is InChI=1S/C25H27N5O3/c1-17-15-29(19-11-7-8-12-20(19)33-3)24-26-22-21(30(24)16-17)23(31)28(25(32)27(22)2)14-13-18-9-5-4-6-10-18/h4-12,17H,13-16H2,1-3H3. The second kappa shape index (κ2) is 8.27. The van der Waals surface area contributed by atoms with Gasteiger partial charge in [-0.3, -0.25) is 13.9 Å². The van der Waals surface area contributed by atoms with E-state index in [0.29, 0.717) is 36.6 Å². The fourth-order valence-electron chi connectivity index (χ4n) is 4.64. The van der Waals surface area contributed by atoms with Crippen molar-refractivity contribution in [3.05, 3.63) is 81.0 Å². The smallest absolute Gasteiger partial charge is 0.332 e. The van der Waals surface area contributed by atoms with E-state index in [1.807, 2.05) is 59.2 Å². The van der Waals surface area contributed by atoms with Gasteiger partial charge in [-0.25, -0.2) is 4.79 Å². The predicted octanol–water partition coefficient (Wildman–Crippen LogP) is 2.94. The van der Waals surface area contributed by atoms with E-state index < -0.39 is 0 Å². The van der Waals surface area contributed by atoms with Gasteiger partial charge in [0.2, 0.25) is 5.95 Å². The number of aryl methyl sites for hydroxylation is 2. The van der Waals surface area contributed by atoms with Crippen LogP contribution < -0.4 is 20.9 Å². The molecule has 0 saturated heterocycles. The molecule has 1 aliphatic heterocycles. The Morgan fingerprint density at radius 3 is 2.52 bits per heavy atom. The Hall–Kier alpha value is -3.81. The third-order valence-corrected chi connectivity index (χ3v) is 6.29. The number of benzene rings is 2. The van der Waals surface area contributed by atoms with Crippen LogP contribution in [0.25, 0.3) is 11.2 Å². The molecule has 0 spiro atoms. The number of fused-ring (bicyclic) bond motifs is 3. The quantitative estimate of drug-likeness (QED) is 0.472. The fourth-order valence-corrected chi connectivity index (χ4v) is 4.64. The maximum atomic E-state index is 13.6. The maximum Gasteiger partial charge on any atom is 0.332 e. The molecular formula is C25H27N5O3. The summed E-state index contributed by atoms with van der Waals surface area (Å²) >= 11 is 0. The Bertz CT molecular complexity index is 1430. The Balaban J connectivity index is 1.67. The fraction of sp³-hybridized carbons (Fsp3) is 0.320. The van der Waals surface area contributed by atoms with Crippen LogP contribution in [0.3, 0.4) is 0 Å².